The van der Waals surface area contributed by atoms with Gasteiger partial charge in [-0.3, -0.25) is 0 Å². The van der Waals surface area contributed by atoms with Gasteiger partial charge in [0.05, 0.1) is 6.10 Å². The summed E-state index contributed by atoms with van der Waals surface area (Å²) in [5, 5.41) is 10.4. The largest absolute Gasteiger partial charge is 0.387 e. The average Bonchev–Trinajstić information content (AvgIpc) is 2.39. The number of aliphatic hydroxyl groups is 1. The van der Waals surface area contributed by atoms with Crippen LogP contribution in [-0.2, 0) is 5.41 Å². The monoisotopic (exact) mass is 244 g/mol. The van der Waals surface area contributed by atoms with Crippen LogP contribution >= 0.6 is 0 Å². The molecule has 0 spiro atoms. The highest BCUT2D eigenvalue weighted by Crippen LogP contribution is 2.37. The third-order valence-corrected chi connectivity index (χ3v) is 3.40. The van der Waals surface area contributed by atoms with Gasteiger partial charge in [0.2, 0.25) is 0 Å². The van der Waals surface area contributed by atoms with Crippen LogP contribution in [0.4, 0.5) is 4.39 Å². The van der Waals surface area contributed by atoms with Crippen LogP contribution in [0.25, 0.3) is 0 Å². The van der Waals surface area contributed by atoms with Gasteiger partial charge in [-0.25, -0.2) is 4.39 Å². The smallest absolute Gasteiger partial charge is 0.129 e. The molecule has 0 fully saturated rings. The maximum Gasteiger partial charge on any atom is 0.129 e. The van der Waals surface area contributed by atoms with E-state index in [1.54, 1.807) is 18.2 Å². The summed E-state index contributed by atoms with van der Waals surface area (Å²) in [7, 11) is 0. The lowest BCUT2D eigenvalue weighted by molar-refractivity contribution is 0.0966. The van der Waals surface area contributed by atoms with Gasteiger partial charge in [0.1, 0.15) is 5.82 Å². The van der Waals surface area contributed by atoms with Crippen LogP contribution < -0.4 is 0 Å². The first-order valence-electron chi connectivity index (χ1n) is 6.01. The molecule has 0 heterocycles. The fraction of sp³-hybridized carbons (Fsp3) is 0.250. The van der Waals surface area contributed by atoms with Gasteiger partial charge in [-0.2, -0.15) is 0 Å². The number of benzene rings is 2. The Morgan fingerprint density at radius 1 is 0.944 bits per heavy atom. The van der Waals surface area contributed by atoms with Gasteiger partial charge in [-0.1, -0.05) is 62.4 Å². The zero-order valence-electron chi connectivity index (χ0n) is 10.6. The Balaban J connectivity index is 2.39. The molecule has 0 aliphatic carbocycles. The van der Waals surface area contributed by atoms with Crippen molar-refractivity contribution in [2.75, 3.05) is 0 Å². The number of halogens is 1. The summed E-state index contributed by atoms with van der Waals surface area (Å²) in [4.78, 5) is 0. The van der Waals surface area contributed by atoms with Crippen LogP contribution in [0.3, 0.4) is 0 Å². The van der Waals surface area contributed by atoms with E-state index in [-0.39, 0.29) is 5.82 Å². The number of aliphatic hydroxyl groups excluding tert-OH is 1. The predicted molar refractivity (Wildman–Crippen MR) is 70.8 cm³/mol. The van der Waals surface area contributed by atoms with Gasteiger partial charge in [0, 0.05) is 11.0 Å². The number of hydrogen-bond acceptors (Lipinski definition) is 1. The summed E-state index contributed by atoms with van der Waals surface area (Å²) < 4.78 is 13.7. The highest BCUT2D eigenvalue weighted by molar-refractivity contribution is 5.31. The molecule has 2 aromatic carbocycles. The minimum absolute atomic E-state index is 0.339. The molecular formula is C16H17FO. The molecule has 0 bridgehead atoms. The van der Waals surface area contributed by atoms with Gasteiger partial charge >= 0.3 is 0 Å². The Kier molecular flexibility index (Phi) is 3.48. The van der Waals surface area contributed by atoms with Gasteiger partial charge in [-0.15, -0.1) is 0 Å². The lowest BCUT2D eigenvalue weighted by Crippen LogP contribution is -2.27. The Hall–Kier alpha value is -1.67. The number of hydrogen-bond donors (Lipinski definition) is 1. The fourth-order valence-corrected chi connectivity index (χ4v) is 2.11. The quantitative estimate of drug-likeness (QED) is 0.869. The standard InChI is InChI=1S/C16H17FO/c1-16(2,12-8-4-3-5-9-12)15(18)13-10-6-7-11-14(13)17/h3-11,15,18H,1-2H3. The van der Waals surface area contributed by atoms with E-state index in [0.717, 1.165) is 5.56 Å². The third kappa shape index (κ3) is 2.29. The van der Waals surface area contributed by atoms with E-state index in [4.69, 9.17) is 0 Å². The first-order valence-corrected chi connectivity index (χ1v) is 6.01. The van der Waals surface area contributed by atoms with E-state index in [1.807, 2.05) is 44.2 Å². The van der Waals surface area contributed by atoms with Crippen molar-refractivity contribution in [2.45, 2.75) is 25.4 Å². The molecule has 2 aromatic rings. The van der Waals surface area contributed by atoms with Crippen LogP contribution in [0.5, 0.6) is 0 Å². The van der Waals surface area contributed by atoms with Gasteiger partial charge in [-0.05, 0) is 11.6 Å². The molecule has 0 amide bonds. The fourth-order valence-electron chi connectivity index (χ4n) is 2.11. The normalized spacial score (nSPS) is 13.3. The second-order valence-electron chi connectivity index (χ2n) is 5.01. The molecule has 0 saturated carbocycles. The molecule has 18 heavy (non-hydrogen) atoms. The Bertz CT molecular complexity index is 520. The first kappa shape index (κ1) is 12.8. The van der Waals surface area contributed by atoms with Crippen LogP contribution in [0, 0.1) is 5.82 Å². The van der Waals surface area contributed by atoms with E-state index < -0.39 is 11.5 Å². The summed E-state index contributed by atoms with van der Waals surface area (Å²) in [5.74, 6) is -0.367. The molecule has 1 atom stereocenters. The van der Waals surface area contributed by atoms with Crippen molar-refractivity contribution in [3.05, 3.63) is 71.5 Å². The molecule has 0 aliphatic rings. The summed E-state index contributed by atoms with van der Waals surface area (Å²) in [6.45, 7) is 3.83. The van der Waals surface area contributed by atoms with E-state index in [0.29, 0.717) is 5.56 Å². The summed E-state index contributed by atoms with van der Waals surface area (Å²) in [6.07, 6.45) is -0.874. The Morgan fingerprint density at radius 3 is 2.11 bits per heavy atom. The van der Waals surface area contributed by atoms with Crippen molar-refractivity contribution in [2.24, 2.45) is 0 Å². The minimum Gasteiger partial charge on any atom is -0.387 e. The van der Waals surface area contributed by atoms with Crippen LogP contribution in [0.2, 0.25) is 0 Å². The molecule has 0 aromatic heterocycles. The van der Waals surface area contributed by atoms with E-state index in [9.17, 15) is 9.50 Å². The second-order valence-corrected chi connectivity index (χ2v) is 5.01. The maximum atomic E-state index is 13.7. The average molecular weight is 244 g/mol. The summed E-state index contributed by atoms with van der Waals surface area (Å²) in [6, 6.07) is 16.0. The zero-order chi connectivity index (χ0) is 13.2. The Labute approximate surface area is 107 Å². The molecule has 0 radical (unpaired) electrons. The summed E-state index contributed by atoms with van der Waals surface area (Å²) >= 11 is 0. The van der Waals surface area contributed by atoms with Gasteiger partial charge in [0.25, 0.3) is 0 Å². The van der Waals surface area contributed by atoms with Crippen molar-refractivity contribution in [1.82, 2.24) is 0 Å². The Morgan fingerprint density at radius 2 is 1.50 bits per heavy atom. The first-order chi connectivity index (χ1) is 8.53. The lowest BCUT2D eigenvalue weighted by Gasteiger charge is -2.31. The summed E-state index contributed by atoms with van der Waals surface area (Å²) in [5.41, 5.74) is 0.788. The van der Waals surface area contributed by atoms with Crippen molar-refractivity contribution in [3.8, 4) is 0 Å². The van der Waals surface area contributed by atoms with Crippen LogP contribution in [-0.4, -0.2) is 5.11 Å². The topological polar surface area (TPSA) is 20.2 Å². The van der Waals surface area contributed by atoms with Crippen molar-refractivity contribution in [1.29, 1.82) is 0 Å². The highest BCUT2D eigenvalue weighted by Gasteiger charge is 2.32. The third-order valence-electron chi connectivity index (χ3n) is 3.40. The van der Waals surface area contributed by atoms with Crippen LogP contribution in [0.1, 0.15) is 31.1 Å². The molecule has 94 valence electrons. The molecule has 1 nitrogen and oxygen atoms in total. The molecule has 1 unspecified atom stereocenters. The van der Waals surface area contributed by atoms with Crippen LogP contribution in [0.15, 0.2) is 54.6 Å². The van der Waals surface area contributed by atoms with Crippen molar-refractivity contribution in [3.63, 3.8) is 0 Å². The molecule has 2 heteroatoms. The van der Waals surface area contributed by atoms with E-state index in [1.165, 1.54) is 6.07 Å². The van der Waals surface area contributed by atoms with Crippen molar-refractivity contribution < 1.29 is 9.50 Å². The van der Waals surface area contributed by atoms with Crippen molar-refractivity contribution >= 4 is 0 Å². The van der Waals surface area contributed by atoms with Gasteiger partial charge < -0.3 is 5.11 Å². The molecule has 0 aliphatic heterocycles. The van der Waals surface area contributed by atoms with Gasteiger partial charge in [0.15, 0.2) is 0 Å². The molecule has 0 saturated heterocycles. The van der Waals surface area contributed by atoms with E-state index >= 15 is 0 Å². The highest BCUT2D eigenvalue weighted by atomic mass is 19.1. The zero-order valence-corrected chi connectivity index (χ0v) is 10.6. The predicted octanol–water partition coefficient (Wildman–Crippen LogP) is 3.84. The van der Waals surface area contributed by atoms with E-state index in [2.05, 4.69) is 0 Å². The molecule has 2 rings (SSSR count). The second kappa shape index (κ2) is 4.91. The maximum absolute atomic E-state index is 13.7. The number of rotatable bonds is 3. The molecular weight excluding hydrogens is 227 g/mol. The lowest BCUT2D eigenvalue weighted by atomic mass is 9.76. The molecule has 1 N–H and O–H groups in total. The SMILES string of the molecule is CC(C)(c1ccccc1)C(O)c1ccccc1F. The minimum atomic E-state index is -0.874.